The third-order valence-corrected chi connectivity index (χ3v) is 5.47. The lowest BCUT2D eigenvalue weighted by Crippen LogP contribution is -2.19. The van der Waals surface area contributed by atoms with Crippen LogP contribution in [0.1, 0.15) is 15.9 Å². The average Bonchev–Trinajstić information content (AvgIpc) is 2.69. The van der Waals surface area contributed by atoms with Crippen molar-refractivity contribution in [2.75, 3.05) is 10.0 Å². The van der Waals surface area contributed by atoms with E-state index in [1.165, 1.54) is 36.4 Å². The first-order valence-electron chi connectivity index (χ1n) is 8.08. The van der Waals surface area contributed by atoms with Crippen LogP contribution in [0.4, 0.5) is 11.4 Å². The zero-order valence-electron chi connectivity index (χ0n) is 14.4. The van der Waals surface area contributed by atoms with Gasteiger partial charge in [-0.3, -0.25) is 9.52 Å². The molecule has 2 N–H and O–H groups in total. The standard InChI is InChI=1S/C20H14ClN3O3S/c21-15-9-11-16(12-10-15)28(26,27)24-19-8-4-2-6-17(19)20(25)23-18-7-3-1-5-14(18)13-22/h1-12,24H,(H,23,25). The lowest BCUT2D eigenvalue weighted by Gasteiger charge is -2.13. The number of anilines is 2. The minimum atomic E-state index is -3.91. The van der Waals surface area contributed by atoms with Crippen molar-refractivity contribution in [1.29, 1.82) is 5.26 Å². The van der Waals surface area contributed by atoms with E-state index in [1.807, 2.05) is 6.07 Å². The van der Waals surface area contributed by atoms with Crippen molar-refractivity contribution in [3.8, 4) is 6.07 Å². The average molecular weight is 412 g/mol. The number of para-hydroxylation sites is 2. The van der Waals surface area contributed by atoms with E-state index in [9.17, 15) is 13.2 Å². The molecule has 0 aliphatic heterocycles. The second-order valence-electron chi connectivity index (χ2n) is 5.72. The number of nitrogens with zero attached hydrogens (tertiary/aromatic N) is 1. The van der Waals surface area contributed by atoms with E-state index in [0.717, 1.165) is 0 Å². The van der Waals surface area contributed by atoms with E-state index < -0.39 is 15.9 Å². The lowest BCUT2D eigenvalue weighted by atomic mass is 10.1. The van der Waals surface area contributed by atoms with Crippen LogP contribution in [0, 0.1) is 11.3 Å². The molecule has 8 heteroatoms. The van der Waals surface area contributed by atoms with Gasteiger partial charge in [-0.1, -0.05) is 35.9 Å². The Morgan fingerprint density at radius 3 is 2.18 bits per heavy atom. The van der Waals surface area contributed by atoms with E-state index in [2.05, 4.69) is 10.0 Å². The highest BCUT2D eigenvalue weighted by atomic mass is 35.5. The monoisotopic (exact) mass is 411 g/mol. The molecule has 3 aromatic carbocycles. The fraction of sp³-hybridized carbons (Fsp3) is 0. The van der Waals surface area contributed by atoms with Crippen LogP contribution in [0.2, 0.25) is 5.02 Å². The molecule has 0 atom stereocenters. The molecule has 0 spiro atoms. The summed E-state index contributed by atoms with van der Waals surface area (Å²) in [5.74, 6) is -0.544. The molecular weight excluding hydrogens is 398 g/mol. The van der Waals surface area contributed by atoms with Crippen LogP contribution in [0.5, 0.6) is 0 Å². The molecule has 1 amide bonds. The van der Waals surface area contributed by atoms with Gasteiger partial charge in [-0.15, -0.1) is 0 Å². The minimum absolute atomic E-state index is 0.0157. The molecule has 0 radical (unpaired) electrons. The van der Waals surface area contributed by atoms with Gasteiger partial charge in [-0.2, -0.15) is 5.26 Å². The number of nitriles is 1. The molecule has 3 rings (SSSR count). The third kappa shape index (κ3) is 4.31. The molecule has 28 heavy (non-hydrogen) atoms. The summed E-state index contributed by atoms with van der Waals surface area (Å²) in [7, 11) is -3.91. The number of benzene rings is 3. The van der Waals surface area contributed by atoms with Gasteiger partial charge in [-0.05, 0) is 48.5 Å². The van der Waals surface area contributed by atoms with Crippen molar-refractivity contribution < 1.29 is 13.2 Å². The van der Waals surface area contributed by atoms with Crippen LogP contribution in [0.3, 0.4) is 0 Å². The number of carbonyl (C=O) groups is 1. The maximum absolute atomic E-state index is 12.7. The number of nitrogens with one attached hydrogen (secondary N) is 2. The number of halogens is 1. The summed E-state index contributed by atoms with van der Waals surface area (Å²) in [6.45, 7) is 0. The molecule has 0 bridgehead atoms. The van der Waals surface area contributed by atoms with Crippen molar-refractivity contribution >= 4 is 38.9 Å². The Bertz CT molecular complexity index is 1170. The fourth-order valence-electron chi connectivity index (χ4n) is 2.47. The summed E-state index contributed by atoms with van der Waals surface area (Å²) in [4.78, 5) is 12.7. The quantitative estimate of drug-likeness (QED) is 0.655. The van der Waals surface area contributed by atoms with Gasteiger partial charge < -0.3 is 5.32 Å². The van der Waals surface area contributed by atoms with E-state index in [1.54, 1.807) is 36.4 Å². The van der Waals surface area contributed by atoms with Crippen molar-refractivity contribution in [2.24, 2.45) is 0 Å². The first-order chi connectivity index (χ1) is 13.4. The van der Waals surface area contributed by atoms with Gasteiger partial charge >= 0.3 is 0 Å². The summed E-state index contributed by atoms with van der Waals surface area (Å²) in [5, 5.41) is 12.2. The van der Waals surface area contributed by atoms with Gasteiger partial charge in [0.15, 0.2) is 0 Å². The van der Waals surface area contributed by atoms with Gasteiger partial charge in [0.1, 0.15) is 6.07 Å². The van der Waals surface area contributed by atoms with Crippen LogP contribution < -0.4 is 10.0 Å². The summed E-state index contributed by atoms with van der Waals surface area (Å²) >= 11 is 5.80. The molecular formula is C20H14ClN3O3S. The summed E-state index contributed by atoms with van der Waals surface area (Å²) in [6.07, 6.45) is 0. The Kier molecular flexibility index (Phi) is 5.64. The second-order valence-corrected chi connectivity index (χ2v) is 7.84. The number of carbonyl (C=O) groups excluding carboxylic acids is 1. The zero-order valence-corrected chi connectivity index (χ0v) is 16.0. The van der Waals surface area contributed by atoms with Crippen molar-refractivity contribution in [3.05, 3.63) is 88.9 Å². The van der Waals surface area contributed by atoms with Crippen LogP contribution >= 0.6 is 11.6 Å². The SMILES string of the molecule is N#Cc1ccccc1NC(=O)c1ccccc1NS(=O)(=O)c1ccc(Cl)cc1. The molecule has 0 aliphatic rings. The summed E-state index contributed by atoms with van der Waals surface area (Å²) < 4.78 is 27.7. The predicted octanol–water partition coefficient (Wildman–Crippen LogP) is 4.26. The predicted molar refractivity (Wildman–Crippen MR) is 108 cm³/mol. The first-order valence-corrected chi connectivity index (χ1v) is 9.95. The zero-order chi connectivity index (χ0) is 20.1. The van der Waals surface area contributed by atoms with Crippen molar-refractivity contribution in [2.45, 2.75) is 4.90 Å². The molecule has 0 saturated carbocycles. The maximum Gasteiger partial charge on any atom is 0.261 e. The van der Waals surface area contributed by atoms with Crippen molar-refractivity contribution in [1.82, 2.24) is 0 Å². The number of rotatable bonds is 5. The van der Waals surface area contributed by atoms with Crippen LogP contribution in [-0.4, -0.2) is 14.3 Å². The number of sulfonamides is 1. The summed E-state index contributed by atoms with van der Waals surface area (Å²) in [6, 6.07) is 20.4. The van der Waals surface area contributed by atoms with E-state index in [-0.39, 0.29) is 16.1 Å². The Labute approximate surface area is 167 Å². The van der Waals surface area contributed by atoms with Gasteiger partial charge in [0, 0.05) is 5.02 Å². The highest BCUT2D eigenvalue weighted by Gasteiger charge is 2.19. The Hall–Kier alpha value is -3.34. The molecule has 0 saturated heterocycles. The van der Waals surface area contributed by atoms with Gasteiger partial charge in [0.25, 0.3) is 15.9 Å². The van der Waals surface area contributed by atoms with Crippen molar-refractivity contribution in [3.63, 3.8) is 0 Å². The van der Waals surface area contributed by atoms with E-state index >= 15 is 0 Å². The Morgan fingerprint density at radius 2 is 1.50 bits per heavy atom. The highest BCUT2D eigenvalue weighted by molar-refractivity contribution is 7.92. The number of hydrogen-bond donors (Lipinski definition) is 2. The molecule has 0 aromatic heterocycles. The van der Waals surface area contributed by atoms with Gasteiger partial charge in [-0.25, -0.2) is 8.42 Å². The fourth-order valence-corrected chi connectivity index (χ4v) is 3.67. The third-order valence-electron chi connectivity index (χ3n) is 3.84. The smallest absolute Gasteiger partial charge is 0.261 e. The highest BCUT2D eigenvalue weighted by Crippen LogP contribution is 2.23. The normalized spacial score (nSPS) is 10.7. The first kappa shape index (κ1) is 19.4. The largest absolute Gasteiger partial charge is 0.321 e. The minimum Gasteiger partial charge on any atom is -0.321 e. The molecule has 6 nitrogen and oxygen atoms in total. The van der Waals surface area contributed by atoms with E-state index in [0.29, 0.717) is 16.3 Å². The van der Waals surface area contributed by atoms with Gasteiger partial charge in [0.2, 0.25) is 0 Å². The topological polar surface area (TPSA) is 99.1 Å². The van der Waals surface area contributed by atoms with E-state index in [4.69, 9.17) is 16.9 Å². The molecule has 0 aliphatic carbocycles. The number of amides is 1. The molecule has 3 aromatic rings. The van der Waals surface area contributed by atoms with Gasteiger partial charge in [0.05, 0.1) is 27.4 Å². The molecule has 0 fully saturated rings. The molecule has 0 unspecified atom stereocenters. The maximum atomic E-state index is 12.7. The number of hydrogen-bond acceptors (Lipinski definition) is 4. The second kappa shape index (κ2) is 8.13. The molecule has 0 heterocycles. The summed E-state index contributed by atoms with van der Waals surface area (Å²) in [5.41, 5.74) is 0.873. The van der Waals surface area contributed by atoms with Crippen LogP contribution in [0.15, 0.2) is 77.7 Å². The van der Waals surface area contributed by atoms with Crippen LogP contribution in [0.25, 0.3) is 0 Å². The molecule has 140 valence electrons. The Morgan fingerprint density at radius 1 is 0.893 bits per heavy atom. The lowest BCUT2D eigenvalue weighted by molar-refractivity contribution is 0.102. The van der Waals surface area contributed by atoms with Crippen LogP contribution in [-0.2, 0) is 10.0 Å². The Balaban J connectivity index is 1.90.